The van der Waals surface area contributed by atoms with Gasteiger partial charge in [-0.25, -0.2) is 5.43 Å². The fourth-order valence-corrected chi connectivity index (χ4v) is 2.65. The van der Waals surface area contributed by atoms with E-state index in [4.69, 9.17) is 20.6 Å². The summed E-state index contributed by atoms with van der Waals surface area (Å²) in [6, 6.07) is 10.2. The topological polar surface area (TPSA) is 69.2 Å². The summed E-state index contributed by atoms with van der Waals surface area (Å²) in [7, 11) is 1.50. The Morgan fingerprint density at radius 3 is 2.71 bits per heavy atom. The Kier molecular flexibility index (Phi) is 8.12. The maximum absolute atomic E-state index is 12.3. The molecule has 0 saturated heterocycles. The van der Waals surface area contributed by atoms with Crippen LogP contribution >= 0.6 is 15.9 Å². The molecule has 0 unspecified atom stereocenters. The lowest BCUT2D eigenvalue weighted by molar-refractivity contribution is 0.0954. The molecule has 0 heterocycles. The normalized spacial score (nSPS) is 10.2. The van der Waals surface area contributed by atoms with E-state index in [1.54, 1.807) is 42.5 Å². The second-order valence-electron chi connectivity index (χ2n) is 5.35. The van der Waals surface area contributed by atoms with Gasteiger partial charge in [-0.1, -0.05) is 18.6 Å². The van der Waals surface area contributed by atoms with Crippen molar-refractivity contribution in [2.24, 2.45) is 5.10 Å². The van der Waals surface area contributed by atoms with Crippen molar-refractivity contribution in [3.8, 4) is 29.6 Å². The zero-order chi connectivity index (χ0) is 20.4. The van der Waals surface area contributed by atoms with Gasteiger partial charge in [0.1, 0.15) is 19.0 Å². The number of ether oxygens (including phenoxy) is 3. The summed E-state index contributed by atoms with van der Waals surface area (Å²) in [5, 5.41) is 3.97. The van der Waals surface area contributed by atoms with E-state index in [0.717, 1.165) is 10.0 Å². The van der Waals surface area contributed by atoms with Crippen LogP contribution in [-0.2, 0) is 0 Å². The number of hydrazone groups is 1. The quantitative estimate of drug-likeness (QED) is 0.277. The summed E-state index contributed by atoms with van der Waals surface area (Å²) in [6.07, 6.45) is 8.32. The number of terminal acetylenes is 1. The van der Waals surface area contributed by atoms with Gasteiger partial charge in [0.25, 0.3) is 5.91 Å². The van der Waals surface area contributed by atoms with Gasteiger partial charge in [0, 0.05) is 5.56 Å². The first kappa shape index (κ1) is 21.1. The summed E-state index contributed by atoms with van der Waals surface area (Å²) in [5.74, 6) is 3.63. The number of methoxy groups -OCH3 is 1. The average molecular weight is 443 g/mol. The third-order valence-corrected chi connectivity index (χ3v) is 4.05. The second-order valence-corrected chi connectivity index (χ2v) is 6.20. The maximum atomic E-state index is 12.3. The lowest BCUT2D eigenvalue weighted by Crippen LogP contribution is -2.17. The summed E-state index contributed by atoms with van der Waals surface area (Å²) in [4.78, 5) is 12.3. The van der Waals surface area contributed by atoms with Gasteiger partial charge >= 0.3 is 0 Å². The SMILES string of the molecule is C#CCOc1ccc(/C=N/NC(=O)c2ccc(OCC=C)c(OC)c2)cc1Br. The minimum atomic E-state index is -0.377. The van der Waals surface area contributed by atoms with Gasteiger partial charge in [-0.2, -0.15) is 5.10 Å². The van der Waals surface area contributed by atoms with Crippen molar-refractivity contribution in [1.29, 1.82) is 0 Å². The largest absolute Gasteiger partial charge is 0.493 e. The van der Waals surface area contributed by atoms with E-state index in [1.807, 2.05) is 0 Å². The van der Waals surface area contributed by atoms with Crippen molar-refractivity contribution in [1.82, 2.24) is 5.43 Å². The van der Waals surface area contributed by atoms with E-state index in [2.05, 4.69) is 39.0 Å². The third-order valence-electron chi connectivity index (χ3n) is 3.43. The van der Waals surface area contributed by atoms with Crippen molar-refractivity contribution in [2.45, 2.75) is 0 Å². The molecule has 0 radical (unpaired) electrons. The first-order chi connectivity index (χ1) is 13.6. The summed E-state index contributed by atoms with van der Waals surface area (Å²) < 4.78 is 16.8. The molecule has 2 rings (SSSR count). The summed E-state index contributed by atoms with van der Waals surface area (Å²) >= 11 is 3.40. The first-order valence-electron chi connectivity index (χ1n) is 8.20. The van der Waals surface area contributed by atoms with Crippen LogP contribution in [0.25, 0.3) is 0 Å². The predicted octanol–water partition coefficient (Wildman–Crippen LogP) is 3.80. The highest BCUT2D eigenvalue weighted by molar-refractivity contribution is 9.10. The van der Waals surface area contributed by atoms with Crippen molar-refractivity contribution in [3.05, 3.63) is 64.7 Å². The van der Waals surface area contributed by atoms with E-state index in [1.165, 1.54) is 13.3 Å². The molecule has 0 fully saturated rings. The highest BCUT2D eigenvalue weighted by Gasteiger charge is 2.10. The molecule has 0 aliphatic rings. The second kappa shape index (κ2) is 10.8. The van der Waals surface area contributed by atoms with Crippen molar-refractivity contribution >= 4 is 28.1 Å². The molecule has 0 saturated carbocycles. The van der Waals surface area contributed by atoms with Crippen molar-refractivity contribution < 1.29 is 19.0 Å². The molecule has 2 aromatic carbocycles. The van der Waals surface area contributed by atoms with Gasteiger partial charge < -0.3 is 14.2 Å². The van der Waals surface area contributed by atoms with E-state index in [-0.39, 0.29) is 12.5 Å². The zero-order valence-corrected chi connectivity index (χ0v) is 16.9. The summed E-state index contributed by atoms with van der Waals surface area (Å²) in [5.41, 5.74) is 3.63. The molecule has 1 amide bonds. The van der Waals surface area contributed by atoms with Crippen LogP contribution in [0.1, 0.15) is 15.9 Å². The van der Waals surface area contributed by atoms with E-state index < -0.39 is 0 Å². The number of rotatable bonds is 9. The highest BCUT2D eigenvalue weighted by atomic mass is 79.9. The number of benzene rings is 2. The number of amides is 1. The Morgan fingerprint density at radius 1 is 1.25 bits per heavy atom. The number of carbonyl (C=O) groups excluding carboxylic acids is 1. The molecule has 7 heteroatoms. The third kappa shape index (κ3) is 5.89. The molecule has 144 valence electrons. The summed E-state index contributed by atoms with van der Waals surface area (Å²) in [6.45, 7) is 4.12. The number of nitrogens with zero attached hydrogens (tertiary/aromatic N) is 1. The van der Waals surface area contributed by atoms with Gasteiger partial charge in [0.2, 0.25) is 0 Å². The van der Waals surface area contributed by atoms with Crippen LogP contribution in [0.15, 0.2) is 58.6 Å². The lowest BCUT2D eigenvalue weighted by atomic mass is 10.2. The number of hydrogen-bond acceptors (Lipinski definition) is 5. The molecule has 6 nitrogen and oxygen atoms in total. The predicted molar refractivity (Wildman–Crippen MR) is 112 cm³/mol. The molecular weight excluding hydrogens is 424 g/mol. The molecule has 28 heavy (non-hydrogen) atoms. The van der Waals surface area contributed by atoms with Crippen LogP contribution in [0, 0.1) is 12.3 Å². The van der Waals surface area contributed by atoms with Gasteiger partial charge in [0.05, 0.1) is 17.8 Å². The van der Waals surface area contributed by atoms with Gasteiger partial charge in [-0.05, 0) is 57.9 Å². The highest BCUT2D eigenvalue weighted by Crippen LogP contribution is 2.28. The molecule has 0 atom stereocenters. The van der Waals surface area contributed by atoms with Gasteiger partial charge in [0.15, 0.2) is 11.5 Å². The molecule has 1 N–H and O–H groups in total. The first-order valence-corrected chi connectivity index (χ1v) is 8.99. The zero-order valence-electron chi connectivity index (χ0n) is 15.3. The Morgan fingerprint density at radius 2 is 2.04 bits per heavy atom. The molecule has 0 aliphatic carbocycles. The molecule has 0 bridgehead atoms. The molecule has 0 aromatic heterocycles. The number of hydrogen-bond donors (Lipinski definition) is 1. The Bertz CT molecular complexity index is 919. The maximum Gasteiger partial charge on any atom is 0.271 e. The van der Waals surface area contributed by atoms with Crippen LogP contribution in [0.3, 0.4) is 0 Å². The minimum Gasteiger partial charge on any atom is -0.493 e. The van der Waals surface area contributed by atoms with Crippen LogP contribution in [0.2, 0.25) is 0 Å². The monoisotopic (exact) mass is 442 g/mol. The van der Waals surface area contributed by atoms with Crippen LogP contribution in [0.5, 0.6) is 17.2 Å². The van der Waals surface area contributed by atoms with E-state index in [0.29, 0.717) is 29.4 Å². The average Bonchev–Trinajstić information content (AvgIpc) is 2.71. The lowest BCUT2D eigenvalue weighted by Gasteiger charge is -2.10. The van der Waals surface area contributed by atoms with Gasteiger partial charge in [-0.15, -0.1) is 6.42 Å². The molecule has 0 spiro atoms. The molecule has 0 aliphatic heterocycles. The fraction of sp³-hybridized carbons (Fsp3) is 0.143. The smallest absolute Gasteiger partial charge is 0.271 e. The number of halogens is 1. The van der Waals surface area contributed by atoms with Crippen molar-refractivity contribution in [3.63, 3.8) is 0 Å². The molecular formula is C21H19BrN2O4. The minimum absolute atomic E-state index is 0.184. The molecule has 2 aromatic rings. The van der Waals surface area contributed by atoms with Crippen molar-refractivity contribution in [2.75, 3.05) is 20.3 Å². The standard InChI is InChI=1S/C21H19BrN2O4/c1-4-10-27-18-8-6-15(12-17(18)22)14-23-24-21(25)16-7-9-19(28-11-5-2)20(13-16)26-3/h1,5-9,12-14H,2,10-11H2,3H3,(H,24,25)/b23-14+. The Hall–Kier alpha value is -3.24. The van der Waals surface area contributed by atoms with Crippen LogP contribution < -0.4 is 19.6 Å². The van der Waals surface area contributed by atoms with Gasteiger partial charge in [-0.3, -0.25) is 4.79 Å². The number of carbonyl (C=O) groups is 1. The Balaban J connectivity index is 2.02. The van der Waals surface area contributed by atoms with Crippen LogP contribution in [0.4, 0.5) is 0 Å². The Labute approximate surface area is 172 Å². The van der Waals surface area contributed by atoms with Crippen LogP contribution in [-0.4, -0.2) is 32.4 Å². The van der Waals surface area contributed by atoms with E-state index >= 15 is 0 Å². The van der Waals surface area contributed by atoms with E-state index in [9.17, 15) is 4.79 Å². The number of nitrogens with one attached hydrogen (secondary N) is 1. The fourth-order valence-electron chi connectivity index (χ4n) is 2.14.